The van der Waals surface area contributed by atoms with Gasteiger partial charge in [-0.1, -0.05) is 6.07 Å². The molecule has 0 heterocycles. The maximum atomic E-state index is 12.9. The molecule has 0 aliphatic heterocycles. The van der Waals surface area contributed by atoms with Gasteiger partial charge >= 0.3 is 12.4 Å². The first-order valence-electron chi connectivity index (χ1n) is 5.66. The third kappa shape index (κ3) is 4.47. The van der Waals surface area contributed by atoms with E-state index in [1.807, 2.05) is 0 Å². The number of anilines is 1. The molecule has 0 radical (unpaired) electrons. The van der Waals surface area contributed by atoms with Crippen LogP contribution in [-0.2, 0) is 12.1 Å². The van der Waals surface area contributed by atoms with Crippen molar-refractivity contribution in [3.63, 3.8) is 0 Å². The Morgan fingerprint density at radius 2 is 1.70 bits per heavy atom. The molecule has 20 heavy (non-hydrogen) atoms. The van der Waals surface area contributed by atoms with Crippen LogP contribution in [0.3, 0.4) is 0 Å². The zero-order valence-corrected chi connectivity index (χ0v) is 11.2. The molecule has 0 aliphatic carbocycles. The second kappa shape index (κ2) is 6.11. The topological polar surface area (TPSA) is 3.24 Å². The number of halogens is 7. The smallest absolute Gasteiger partial charge is 0.362 e. The lowest BCUT2D eigenvalue weighted by Gasteiger charge is -2.27. The molecule has 0 fully saturated rings. The fourth-order valence-corrected chi connectivity index (χ4v) is 1.92. The Balaban J connectivity index is 3.27. The minimum absolute atomic E-state index is 0.144. The van der Waals surface area contributed by atoms with Gasteiger partial charge in [-0.2, -0.15) is 26.3 Å². The average molecular weight is 320 g/mol. The van der Waals surface area contributed by atoms with E-state index in [1.165, 1.54) is 13.0 Å². The molecule has 0 aliphatic rings. The summed E-state index contributed by atoms with van der Waals surface area (Å²) >= 11 is 5.46. The molecular weight excluding hydrogens is 308 g/mol. The summed E-state index contributed by atoms with van der Waals surface area (Å²) in [4.78, 5) is 0.640. The van der Waals surface area contributed by atoms with Crippen LogP contribution in [0.25, 0.3) is 0 Å². The molecule has 0 bridgehead atoms. The Bertz CT molecular complexity index is 454. The second-order valence-electron chi connectivity index (χ2n) is 4.11. The normalized spacial score (nSPS) is 12.6. The summed E-state index contributed by atoms with van der Waals surface area (Å²) in [5, 5.41) is 0. The van der Waals surface area contributed by atoms with Crippen molar-refractivity contribution in [2.24, 2.45) is 0 Å². The molecule has 0 N–H and O–H groups in total. The number of benzene rings is 1. The van der Waals surface area contributed by atoms with Crippen LogP contribution >= 0.6 is 11.6 Å². The van der Waals surface area contributed by atoms with Gasteiger partial charge < -0.3 is 4.90 Å². The first kappa shape index (κ1) is 16.9. The van der Waals surface area contributed by atoms with Crippen LogP contribution < -0.4 is 4.90 Å². The summed E-state index contributed by atoms with van der Waals surface area (Å²) in [6.07, 6.45) is -9.32. The molecule has 0 spiro atoms. The van der Waals surface area contributed by atoms with E-state index in [0.717, 1.165) is 12.1 Å². The van der Waals surface area contributed by atoms with Crippen LogP contribution in [0.4, 0.5) is 32.0 Å². The molecular formula is C12H12ClF6N. The van der Waals surface area contributed by atoms with Crippen LogP contribution in [0.1, 0.15) is 18.1 Å². The Labute approximate surface area is 117 Å². The monoisotopic (exact) mass is 319 g/mol. The molecule has 1 rings (SSSR count). The molecule has 0 unspecified atom stereocenters. The Kier molecular flexibility index (Phi) is 5.18. The van der Waals surface area contributed by atoms with Crippen molar-refractivity contribution in [2.75, 3.05) is 18.0 Å². The molecule has 0 atom stereocenters. The number of rotatable bonds is 4. The summed E-state index contributed by atoms with van der Waals surface area (Å²) in [6.45, 7) is -0.267. The maximum absolute atomic E-state index is 12.9. The summed E-state index contributed by atoms with van der Waals surface area (Å²) in [5.41, 5.74) is -1.40. The molecule has 114 valence electrons. The average Bonchev–Trinajstić information content (AvgIpc) is 2.33. The highest BCUT2D eigenvalue weighted by Crippen LogP contribution is 2.38. The van der Waals surface area contributed by atoms with Crippen molar-refractivity contribution < 1.29 is 26.3 Å². The highest BCUT2D eigenvalue weighted by molar-refractivity contribution is 6.17. The highest BCUT2D eigenvalue weighted by Gasteiger charge is 2.37. The number of nitrogens with zero attached hydrogens (tertiary/aromatic N) is 1. The van der Waals surface area contributed by atoms with Crippen molar-refractivity contribution in [1.29, 1.82) is 0 Å². The Morgan fingerprint density at radius 1 is 1.10 bits per heavy atom. The largest absolute Gasteiger partial charge is 0.418 e. The third-order valence-electron chi connectivity index (χ3n) is 2.61. The lowest BCUT2D eigenvalue weighted by Crippen LogP contribution is -2.35. The Hall–Kier alpha value is -1.11. The minimum Gasteiger partial charge on any atom is -0.362 e. The summed E-state index contributed by atoms with van der Waals surface area (Å²) in [5.74, 6) is -0.144. The van der Waals surface area contributed by atoms with Crippen LogP contribution in [0.5, 0.6) is 0 Å². The van der Waals surface area contributed by atoms with Crippen LogP contribution in [0.15, 0.2) is 18.2 Å². The second-order valence-corrected chi connectivity index (χ2v) is 4.38. The fraction of sp³-hybridized carbons (Fsp3) is 0.500. The summed E-state index contributed by atoms with van der Waals surface area (Å²) in [7, 11) is 0. The third-order valence-corrected chi connectivity index (χ3v) is 2.92. The molecule has 0 saturated carbocycles. The minimum atomic E-state index is -4.74. The van der Waals surface area contributed by atoms with Crippen molar-refractivity contribution in [1.82, 2.24) is 0 Å². The van der Waals surface area contributed by atoms with Gasteiger partial charge in [-0.15, -0.1) is 11.6 Å². The standard InChI is InChI=1S/C12H12ClF6N/c1-2-20(7-11(14,15)16)10-4-3-8(6-13)5-9(10)12(17,18)19/h3-5H,2,6-7H2,1H3. The van der Waals surface area contributed by atoms with Crippen LogP contribution in [0, 0.1) is 0 Å². The van der Waals surface area contributed by atoms with E-state index in [0.29, 0.717) is 4.90 Å². The van der Waals surface area contributed by atoms with Gasteiger partial charge in [0.05, 0.1) is 5.56 Å². The van der Waals surface area contributed by atoms with Gasteiger partial charge in [0, 0.05) is 18.1 Å². The van der Waals surface area contributed by atoms with Gasteiger partial charge in [-0.3, -0.25) is 0 Å². The molecule has 0 aromatic heterocycles. The quantitative estimate of drug-likeness (QED) is 0.567. The molecule has 8 heteroatoms. The van der Waals surface area contributed by atoms with E-state index in [4.69, 9.17) is 11.6 Å². The molecule has 1 nitrogen and oxygen atoms in total. The van der Waals surface area contributed by atoms with E-state index in [1.54, 1.807) is 0 Å². The molecule has 0 saturated heterocycles. The zero-order chi connectivity index (χ0) is 15.6. The number of alkyl halides is 7. The van der Waals surface area contributed by atoms with Gasteiger partial charge in [0.1, 0.15) is 6.54 Å². The first-order chi connectivity index (χ1) is 9.08. The lowest BCUT2D eigenvalue weighted by atomic mass is 10.1. The molecule has 0 amide bonds. The van der Waals surface area contributed by atoms with Gasteiger partial charge in [0.2, 0.25) is 0 Å². The predicted molar refractivity (Wildman–Crippen MR) is 64.9 cm³/mol. The van der Waals surface area contributed by atoms with E-state index in [2.05, 4.69) is 0 Å². The zero-order valence-electron chi connectivity index (χ0n) is 10.4. The van der Waals surface area contributed by atoms with Crippen LogP contribution in [0.2, 0.25) is 0 Å². The summed E-state index contributed by atoms with van der Waals surface area (Å²) in [6, 6.07) is 3.09. The number of hydrogen-bond acceptors (Lipinski definition) is 1. The van der Waals surface area contributed by atoms with Gasteiger partial charge in [0.25, 0.3) is 0 Å². The summed E-state index contributed by atoms with van der Waals surface area (Å²) < 4.78 is 76.1. The first-order valence-corrected chi connectivity index (χ1v) is 6.19. The van der Waals surface area contributed by atoms with Gasteiger partial charge in [-0.25, -0.2) is 0 Å². The van der Waals surface area contributed by atoms with E-state index in [-0.39, 0.29) is 18.0 Å². The fourth-order valence-electron chi connectivity index (χ4n) is 1.75. The number of hydrogen-bond donors (Lipinski definition) is 0. The van der Waals surface area contributed by atoms with E-state index >= 15 is 0 Å². The highest BCUT2D eigenvalue weighted by atomic mass is 35.5. The predicted octanol–water partition coefficient (Wildman–Crippen LogP) is 4.83. The molecule has 1 aromatic carbocycles. The molecule has 1 aromatic rings. The SMILES string of the molecule is CCN(CC(F)(F)F)c1ccc(CCl)cc1C(F)(F)F. The van der Waals surface area contributed by atoms with Crippen molar-refractivity contribution >= 4 is 17.3 Å². The maximum Gasteiger partial charge on any atom is 0.418 e. The Morgan fingerprint density at radius 3 is 2.10 bits per heavy atom. The van der Waals surface area contributed by atoms with Crippen molar-refractivity contribution in [3.05, 3.63) is 29.3 Å². The van der Waals surface area contributed by atoms with Crippen LogP contribution in [-0.4, -0.2) is 19.3 Å². The van der Waals surface area contributed by atoms with Gasteiger partial charge in [-0.05, 0) is 24.6 Å². The van der Waals surface area contributed by atoms with E-state index in [9.17, 15) is 26.3 Å². The van der Waals surface area contributed by atoms with Crippen molar-refractivity contribution in [3.8, 4) is 0 Å². The van der Waals surface area contributed by atoms with E-state index < -0.39 is 30.1 Å². The lowest BCUT2D eigenvalue weighted by molar-refractivity contribution is -0.138. The van der Waals surface area contributed by atoms with Crippen molar-refractivity contribution in [2.45, 2.75) is 25.2 Å². The van der Waals surface area contributed by atoms with Gasteiger partial charge in [0.15, 0.2) is 0 Å².